The SMILES string of the molecule is COc1cc([C@H]2Oc3c(OC)cc(C=CC(=O)OC4[C@H](O)CC(O)(C(=O)O)C[C@@H]4O)cc3[C@@H]2CO)ccc1O. The van der Waals surface area contributed by atoms with Crippen molar-refractivity contribution >= 4 is 18.0 Å². The molecule has 2 aliphatic rings. The van der Waals surface area contributed by atoms with E-state index in [1.54, 1.807) is 24.3 Å². The van der Waals surface area contributed by atoms with E-state index >= 15 is 0 Å². The Hall–Kier alpha value is -3.84. The molecule has 39 heavy (non-hydrogen) atoms. The van der Waals surface area contributed by atoms with E-state index in [9.17, 15) is 35.1 Å². The Labute approximate surface area is 223 Å². The number of fused-ring (bicyclic) bond motifs is 1. The number of hydrogen-bond acceptors (Lipinski definition) is 11. The van der Waals surface area contributed by atoms with Crippen LogP contribution in [0.1, 0.15) is 41.6 Å². The van der Waals surface area contributed by atoms with Crippen molar-refractivity contribution in [1.82, 2.24) is 0 Å². The number of hydrogen-bond donors (Lipinski definition) is 6. The quantitative estimate of drug-likeness (QED) is 0.203. The van der Waals surface area contributed by atoms with Gasteiger partial charge in [0.15, 0.2) is 34.7 Å². The second-order valence-corrected chi connectivity index (χ2v) is 9.51. The number of rotatable bonds is 8. The van der Waals surface area contributed by atoms with Crippen LogP contribution in [0.3, 0.4) is 0 Å². The molecule has 1 aliphatic heterocycles. The fraction of sp³-hybridized carbons (Fsp3) is 0.407. The molecular weight excluding hydrogens is 516 g/mol. The summed E-state index contributed by atoms with van der Waals surface area (Å²) in [5.74, 6) is -2.05. The fourth-order valence-corrected chi connectivity index (χ4v) is 4.97. The lowest BCUT2D eigenvalue weighted by atomic mass is 9.79. The van der Waals surface area contributed by atoms with Crippen LogP contribution in [0, 0.1) is 0 Å². The van der Waals surface area contributed by atoms with E-state index in [2.05, 4.69) is 0 Å². The average molecular weight is 547 g/mol. The number of carbonyl (C=O) groups excluding carboxylic acids is 1. The Bertz CT molecular complexity index is 1260. The van der Waals surface area contributed by atoms with Crippen LogP contribution in [0.2, 0.25) is 0 Å². The zero-order valence-electron chi connectivity index (χ0n) is 21.2. The van der Waals surface area contributed by atoms with Gasteiger partial charge in [-0.2, -0.15) is 0 Å². The number of carbonyl (C=O) groups is 2. The van der Waals surface area contributed by atoms with Crippen LogP contribution in [0.15, 0.2) is 36.4 Å². The van der Waals surface area contributed by atoms with Crippen molar-refractivity contribution in [3.8, 4) is 23.0 Å². The molecule has 0 radical (unpaired) electrons. The molecule has 2 unspecified atom stereocenters. The highest BCUT2D eigenvalue weighted by Gasteiger charge is 2.50. The van der Waals surface area contributed by atoms with Crippen molar-refractivity contribution < 1.29 is 59.2 Å². The first-order valence-electron chi connectivity index (χ1n) is 12.1. The van der Waals surface area contributed by atoms with Crippen LogP contribution in [-0.4, -0.2) is 87.3 Å². The monoisotopic (exact) mass is 546 g/mol. The summed E-state index contributed by atoms with van der Waals surface area (Å²) in [6, 6.07) is 8.05. The van der Waals surface area contributed by atoms with Crippen LogP contribution in [0.5, 0.6) is 23.0 Å². The van der Waals surface area contributed by atoms with Crippen LogP contribution in [-0.2, 0) is 14.3 Å². The average Bonchev–Trinajstić information content (AvgIpc) is 3.27. The van der Waals surface area contributed by atoms with Crippen LogP contribution < -0.4 is 14.2 Å². The van der Waals surface area contributed by atoms with Crippen molar-refractivity contribution in [2.75, 3.05) is 20.8 Å². The highest BCUT2D eigenvalue weighted by atomic mass is 16.6. The third-order valence-electron chi connectivity index (χ3n) is 6.98. The fourth-order valence-electron chi connectivity index (χ4n) is 4.97. The number of aromatic hydroxyl groups is 1. The zero-order chi connectivity index (χ0) is 28.5. The minimum atomic E-state index is -2.33. The number of ether oxygens (including phenoxy) is 4. The van der Waals surface area contributed by atoms with E-state index in [0.717, 1.165) is 6.08 Å². The van der Waals surface area contributed by atoms with Crippen LogP contribution in [0.25, 0.3) is 6.08 Å². The molecule has 12 nitrogen and oxygen atoms in total. The molecule has 2 aromatic carbocycles. The maximum Gasteiger partial charge on any atom is 0.335 e. The summed E-state index contributed by atoms with van der Waals surface area (Å²) >= 11 is 0. The van der Waals surface area contributed by atoms with Crippen molar-refractivity contribution in [2.45, 2.75) is 48.8 Å². The van der Waals surface area contributed by atoms with Gasteiger partial charge in [0.2, 0.25) is 0 Å². The summed E-state index contributed by atoms with van der Waals surface area (Å²) in [5.41, 5.74) is -0.555. The summed E-state index contributed by atoms with van der Waals surface area (Å²) in [7, 11) is 2.86. The molecule has 4 rings (SSSR count). The Morgan fingerprint density at radius 2 is 1.74 bits per heavy atom. The van der Waals surface area contributed by atoms with E-state index in [0.29, 0.717) is 28.2 Å². The number of benzene rings is 2. The van der Waals surface area contributed by atoms with Gasteiger partial charge in [0.05, 0.1) is 39.0 Å². The number of carboxylic acid groups (broad SMARTS) is 1. The second-order valence-electron chi connectivity index (χ2n) is 9.51. The molecule has 0 spiro atoms. The van der Waals surface area contributed by atoms with E-state index in [4.69, 9.17) is 24.1 Å². The maximum absolute atomic E-state index is 12.5. The molecular formula is C27H30O12. The molecule has 0 aromatic heterocycles. The van der Waals surface area contributed by atoms with Crippen LogP contribution >= 0.6 is 0 Å². The van der Waals surface area contributed by atoms with E-state index in [1.807, 2.05) is 0 Å². The van der Waals surface area contributed by atoms with E-state index in [-0.39, 0.29) is 18.1 Å². The number of phenols is 1. The lowest BCUT2D eigenvalue weighted by Gasteiger charge is -2.39. The minimum Gasteiger partial charge on any atom is -0.504 e. The Kier molecular flexibility index (Phi) is 8.02. The zero-order valence-corrected chi connectivity index (χ0v) is 21.2. The summed E-state index contributed by atoms with van der Waals surface area (Å²) in [4.78, 5) is 23.7. The molecule has 210 valence electrons. The lowest BCUT2D eigenvalue weighted by molar-refractivity contribution is -0.196. The molecule has 2 aromatic rings. The number of aliphatic hydroxyl groups is 4. The topological polar surface area (TPSA) is 192 Å². The molecule has 12 heteroatoms. The summed E-state index contributed by atoms with van der Waals surface area (Å²) in [6.07, 6.45) is -3.98. The highest BCUT2D eigenvalue weighted by Crippen LogP contribution is 2.51. The van der Waals surface area contributed by atoms with Gasteiger partial charge in [-0.15, -0.1) is 0 Å². The first-order valence-corrected chi connectivity index (χ1v) is 12.1. The van der Waals surface area contributed by atoms with Gasteiger partial charge in [0.1, 0.15) is 6.10 Å². The minimum absolute atomic E-state index is 0.0416. The number of phenolic OH excluding ortho intramolecular Hbond substituents is 1. The van der Waals surface area contributed by atoms with Gasteiger partial charge >= 0.3 is 11.9 Å². The van der Waals surface area contributed by atoms with Crippen LogP contribution in [0.4, 0.5) is 0 Å². The molecule has 1 saturated carbocycles. The molecule has 6 N–H and O–H groups in total. The second kappa shape index (κ2) is 11.1. The van der Waals surface area contributed by atoms with E-state index in [1.165, 1.54) is 26.4 Å². The first-order chi connectivity index (χ1) is 18.5. The molecule has 0 bridgehead atoms. The van der Waals surface area contributed by atoms with Gasteiger partial charge in [-0.3, -0.25) is 0 Å². The van der Waals surface area contributed by atoms with Gasteiger partial charge in [0, 0.05) is 24.5 Å². The number of methoxy groups -OCH3 is 2. The molecule has 1 fully saturated rings. The number of carboxylic acids is 1. The lowest BCUT2D eigenvalue weighted by Crippen LogP contribution is -2.57. The van der Waals surface area contributed by atoms with Gasteiger partial charge in [0.25, 0.3) is 0 Å². The third-order valence-corrected chi connectivity index (χ3v) is 6.98. The predicted octanol–water partition coefficient (Wildman–Crippen LogP) is 0.875. The third kappa shape index (κ3) is 5.50. The van der Waals surface area contributed by atoms with Gasteiger partial charge in [-0.25, -0.2) is 9.59 Å². The number of aliphatic hydroxyl groups excluding tert-OH is 3. The van der Waals surface area contributed by atoms with Crippen molar-refractivity contribution in [3.63, 3.8) is 0 Å². The normalized spacial score (nSPS) is 28.0. The largest absolute Gasteiger partial charge is 0.504 e. The Morgan fingerprint density at radius 1 is 1.08 bits per heavy atom. The van der Waals surface area contributed by atoms with Gasteiger partial charge in [-0.1, -0.05) is 6.07 Å². The summed E-state index contributed by atoms with van der Waals surface area (Å²) in [6.45, 7) is -0.278. The highest BCUT2D eigenvalue weighted by molar-refractivity contribution is 5.87. The molecule has 0 amide bonds. The smallest absolute Gasteiger partial charge is 0.335 e. The molecule has 6 atom stereocenters. The molecule has 1 aliphatic carbocycles. The predicted molar refractivity (Wildman–Crippen MR) is 134 cm³/mol. The molecule has 1 heterocycles. The Balaban J connectivity index is 1.53. The molecule has 0 saturated heterocycles. The van der Waals surface area contributed by atoms with Crippen molar-refractivity contribution in [1.29, 1.82) is 0 Å². The number of aliphatic carboxylic acids is 1. The van der Waals surface area contributed by atoms with Gasteiger partial charge in [-0.05, 0) is 41.5 Å². The van der Waals surface area contributed by atoms with Gasteiger partial charge < -0.3 is 49.6 Å². The first kappa shape index (κ1) is 28.2. The summed E-state index contributed by atoms with van der Waals surface area (Å²) in [5, 5.41) is 59.7. The maximum atomic E-state index is 12.5. The standard InChI is InChI=1S/C27H30O12/c1-36-20-9-14(4-5-17(20)29)23-16(12-28)15-7-13(8-21(37-2)24(15)39-23)3-6-22(32)38-25-18(30)10-27(35,26(33)34)11-19(25)31/h3-9,16,18-19,23,25,28-31,35H,10-12H2,1-2H3,(H,33,34)/t16-,18-,19+,23+,25?,27?/m0/s1. The summed E-state index contributed by atoms with van der Waals surface area (Å²) < 4.78 is 21.9. The van der Waals surface area contributed by atoms with Crippen molar-refractivity contribution in [2.24, 2.45) is 0 Å². The van der Waals surface area contributed by atoms with Crippen molar-refractivity contribution in [3.05, 3.63) is 53.1 Å². The van der Waals surface area contributed by atoms with E-state index < -0.39 is 60.7 Å². The number of esters is 1. The Morgan fingerprint density at radius 3 is 2.33 bits per heavy atom.